The van der Waals surface area contributed by atoms with Crippen molar-refractivity contribution < 1.29 is 8.42 Å². The lowest BCUT2D eigenvalue weighted by atomic mass is 10.0. The molecule has 226 valence electrons. The fourth-order valence-corrected chi connectivity index (χ4v) is 8.22. The van der Waals surface area contributed by atoms with Crippen LogP contribution < -0.4 is 21.1 Å². The first kappa shape index (κ1) is 28.6. The number of benzene rings is 2. The van der Waals surface area contributed by atoms with E-state index >= 15 is 0 Å². The molecule has 2 fully saturated rings. The molecule has 2 aliphatic rings. The lowest BCUT2D eigenvalue weighted by Crippen LogP contribution is -2.41. The van der Waals surface area contributed by atoms with Crippen LogP contribution in [0.1, 0.15) is 25.7 Å². The van der Waals surface area contributed by atoms with Crippen molar-refractivity contribution in [1.82, 2.24) is 24.8 Å². The maximum absolute atomic E-state index is 14.1. The summed E-state index contributed by atoms with van der Waals surface area (Å²) in [5.74, 6) is 0.778. The van der Waals surface area contributed by atoms with Crippen LogP contribution in [0.3, 0.4) is 0 Å². The minimum atomic E-state index is -3.86. The summed E-state index contributed by atoms with van der Waals surface area (Å²) in [6, 6.07) is 17.1. The highest BCUT2D eigenvalue weighted by molar-refractivity contribution is 7.93. The molecule has 0 amide bonds. The normalized spacial score (nSPS) is 15.8. The molecule has 0 unspecified atom stereocenters. The zero-order valence-corrected chi connectivity index (χ0v) is 25.9. The standard InChI is InChI=1S/C32H33N7O3S2/c1-38(25-12-14-33-15-13-25)24-10-8-23(9-11-24)36-32-35-17-22-16-27(31(40)39(30(22)37-32)19-21-6-7-21)26-4-2-3-5-28(26)44(41,42)29-18-34-20-43-29/h2-5,8-11,16-18,20-21,25,33H,6-7,12-15,19H2,1H3,(H,35,36,37). The molecule has 2 N–H and O–H groups in total. The number of rotatable bonds is 9. The van der Waals surface area contributed by atoms with Crippen LogP contribution in [0.4, 0.5) is 17.3 Å². The number of hydrogen-bond donors (Lipinski definition) is 2. The quantitative estimate of drug-likeness (QED) is 0.230. The Morgan fingerprint density at radius 1 is 1.02 bits per heavy atom. The Labute approximate surface area is 259 Å². The first-order valence-corrected chi connectivity index (χ1v) is 17.2. The van der Waals surface area contributed by atoms with Crippen molar-refractivity contribution in [2.24, 2.45) is 5.92 Å². The highest BCUT2D eigenvalue weighted by Gasteiger charge is 2.28. The maximum Gasteiger partial charge on any atom is 0.260 e. The van der Waals surface area contributed by atoms with Gasteiger partial charge in [0.2, 0.25) is 15.8 Å². The Balaban J connectivity index is 1.23. The second-order valence-electron chi connectivity index (χ2n) is 11.5. The highest BCUT2D eigenvalue weighted by atomic mass is 32.2. The first-order valence-electron chi connectivity index (χ1n) is 14.8. The number of piperidine rings is 1. The van der Waals surface area contributed by atoms with E-state index < -0.39 is 9.84 Å². The van der Waals surface area contributed by atoms with Crippen molar-refractivity contribution in [3.8, 4) is 11.1 Å². The predicted octanol–water partition coefficient (Wildman–Crippen LogP) is 5.09. The number of sulfone groups is 1. The molecule has 7 rings (SSSR count). The van der Waals surface area contributed by atoms with Crippen LogP contribution in [0.15, 0.2) is 86.4 Å². The van der Waals surface area contributed by atoms with E-state index in [0.717, 1.165) is 61.5 Å². The van der Waals surface area contributed by atoms with Crippen LogP contribution in [-0.4, -0.2) is 54.1 Å². The fraction of sp³-hybridized carbons (Fsp3) is 0.312. The SMILES string of the molecule is CN(c1ccc(Nc2ncc3cc(-c4ccccc4S(=O)(=O)c4cncs4)c(=O)n(CC4CC4)c3n2)cc1)C1CCNCC1. The van der Waals surface area contributed by atoms with E-state index in [1.807, 2.05) is 12.1 Å². The molecular formula is C32H33N7O3S2. The number of nitrogens with zero attached hydrogens (tertiary/aromatic N) is 5. The highest BCUT2D eigenvalue weighted by Crippen LogP contribution is 2.34. The zero-order valence-electron chi connectivity index (χ0n) is 24.3. The summed E-state index contributed by atoms with van der Waals surface area (Å²) in [5, 5.41) is 7.38. The monoisotopic (exact) mass is 627 g/mol. The number of thiazole rings is 1. The summed E-state index contributed by atoms with van der Waals surface area (Å²) >= 11 is 1.05. The van der Waals surface area contributed by atoms with Gasteiger partial charge in [-0.1, -0.05) is 18.2 Å². The molecule has 44 heavy (non-hydrogen) atoms. The van der Waals surface area contributed by atoms with Gasteiger partial charge in [0.05, 0.1) is 16.6 Å². The molecule has 2 aromatic carbocycles. The van der Waals surface area contributed by atoms with E-state index in [2.05, 4.69) is 44.7 Å². The van der Waals surface area contributed by atoms with Gasteiger partial charge in [-0.05, 0) is 81.1 Å². The van der Waals surface area contributed by atoms with Crippen LogP contribution in [-0.2, 0) is 16.4 Å². The van der Waals surface area contributed by atoms with E-state index in [1.54, 1.807) is 35.0 Å². The van der Waals surface area contributed by atoms with Crippen molar-refractivity contribution >= 4 is 49.5 Å². The molecule has 0 bridgehead atoms. The van der Waals surface area contributed by atoms with Gasteiger partial charge in [0.25, 0.3) is 5.56 Å². The van der Waals surface area contributed by atoms with Gasteiger partial charge in [-0.25, -0.2) is 13.4 Å². The summed E-state index contributed by atoms with van der Waals surface area (Å²) in [5.41, 5.74) is 4.40. The van der Waals surface area contributed by atoms with E-state index in [-0.39, 0.29) is 14.7 Å². The average Bonchev–Trinajstić information content (AvgIpc) is 3.70. The Morgan fingerprint density at radius 3 is 2.52 bits per heavy atom. The smallest absolute Gasteiger partial charge is 0.260 e. The molecule has 1 saturated heterocycles. The molecule has 12 heteroatoms. The van der Waals surface area contributed by atoms with Crippen LogP contribution in [0.5, 0.6) is 0 Å². The van der Waals surface area contributed by atoms with Crippen molar-refractivity contribution in [2.45, 2.75) is 47.4 Å². The third-order valence-electron chi connectivity index (χ3n) is 8.49. The zero-order chi connectivity index (χ0) is 30.3. The van der Waals surface area contributed by atoms with Crippen LogP contribution in [0.2, 0.25) is 0 Å². The minimum Gasteiger partial charge on any atom is -0.372 e. The summed E-state index contributed by atoms with van der Waals surface area (Å²) in [6.07, 6.45) is 7.37. The fourth-order valence-electron chi connectivity index (χ4n) is 5.82. The van der Waals surface area contributed by atoms with Crippen LogP contribution in [0.25, 0.3) is 22.2 Å². The third-order valence-corrected chi connectivity index (χ3v) is 11.6. The molecule has 3 aromatic heterocycles. The van der Waals surface area contributed by atoms with Gasteiger partial charge >= 0.3 is 0 Å². The lowest BCUT2D eigenvalue weighted by molar-refractivity contribution is 0.443. The third kappa shape index (κ3) is 5.60. The Bertz CT molecular complexity index is 1970. The lowest BCUT2D eigenvalue weighted by Gasteiger charge is -2.33. The van der Waals surface area contributed by atoms with Gasteiger partial charge in [-0.3, -0.25) is 14.3 Å². The molecule has 0 spiro atoms. The molecule has 1 aliphatic carbocycles. The second-order valence-corrected chi connectivity index (χ2v) is 14.5. The molecule has 4 heterocycles. The van der Waals surface area contributed by atoms with E-state index in [9.17, 15) is 13.2 Å². The summed E-state index contributed by atoms with van der Waals surface area (Å²) in [7, 11) is -1.72. The summed E-state index contributed by atoms with van der Waals surface area (Å²) in [6.45, 7) is 2.60. The van der Waals surface area contributed by atoms with Crippen molar-refractivity contribution in [3.63, 3.8) is 0 Å². The van der Waals surface area contributed by atoms with Crippen LogP contribution >= 0.6 is 11.3 Å². The molecule has 0 radical (unpaired) electrons. The molecule has 5 aromatic rings. The topological polar surface area (TPSA) is 122 Å². The molecule has 1 aliphatic heterocycles. The Kier molecular flexibility index (Phi) is 7.65. The average molecular weight is 628 g/mol. The Morgan fingerprint density at radius 2 is 1.80 bits per heavy atom. The van der Waals surface area contributed by atoms with Crippen molar-refractivity contribution in [2.75, 3.05) is 30.4 Å². The van der Waals surface area contributed by atoms with Gasteiger partial charge in [-0.15, -0.1) is 11.3 Å². The van der Waals surface area contributed by atoms with E-state index in [4.69, 9.17) is 4.98 Å². The van der Waals surface area contributed by atoms with Crippen molar-refractivity contribution in [1.29, 1.82) is 0 Å². The van der Waals surface area contributed by atoms with E-state index in [0.29, 0.717) is 46.6 Å². The van der Waals surface area contributed by atoms with E-state index in [1.165, 1.54) is 17.8 Å². The van der Waals surface area contributed by atoms with Gasteiger partial charge < -0.3 is 15.5 Å². The van der Waals surface area contributed by atoms with Crippen molar-refractivity contribution in [3.05, 3.63) is 82.9 Å². The van der Waals surface area contributed by atoms with Gasteiger partial charge in [0.1, 0.15) is 9.86 Å². The molecule has 10 nitrogen and oxygen atoms in total. The Hall–Kier alpha value is -4.13. The molecule has 0 atom stereocenters. The minimum absolute atomic E-state index is 0.0760. The first-order chi connectivity index (χ1) is 21.4. The largest absolute Gasteiger partial charge is 0.372 e. The number of anilines is 3. The number of aromatic nitrogens is 4. The maximum atomic E-state index is 14.1. The van der Waals surface area contributed by atoms with Gasteiger partial charge in [-0.2, -0.15) is 4.98 Å². The second kappa shape index (κ2) is 11.8. The predicted molar refractivity (Wildman–Crippen MR) is 174 cm³/mol. The summed E-state index contributed by atoms with van der Waals surface area (Å²) < 4.78 is 28.9. The number of hydrogen-bond acceptors (Lipinski definition) is 10. The molecular weight excluding hydrogens is 595 g/mol. The van der Waals surface area contributed by atoms with Crippen LogP contribution in [0, 0.1) is 5.92 Å². The van der Waals surface area contributed by atoms with Gasteiger partial charge in [0.15, 0.2) is 0 Å². The molecule has 1 saturated carbocycles. The van der Waals surface area contributed by atoms with Gasteiger partial charge in [0, 0.05) is 53.7 Å². The number of pyridine rings is 1. The number of nitrogens with one attached hydrogen (secondary N) is 2. The number of fused-ring (bicyclic) bond motifs is 1. The summed E-state index contributed by atoms with van der Waals surface area (Å²) in [4.78, 5) is 29.8.